The van der Waals surface area contributed by atoms with Crippen molar-refractivity contribution in [2.45, 2.75) is 76.3 Å². The van der Waals surface area contributed by atoms with Gasteiger partial charge in [0.25, 0.3) is 0 Å². The topological polar surface area (TPSA) is 49.4 Å². The van der Waals surface area contributed by atoms with Gasteiger partial charge in [-0.25, -0.2) is 0 Å². The minimum atomic E-state index is -0.652. The molecule has 3 aliphatic rings. The number of rotatable bonds is 3. The molecule has 3 rings (SSSR count). The summed E-state index contributed by atoms with van der Waals surface area (Å²) < 4.78 is 0. The highest BCUT2D eigenvalue weighted by atomic mass is 16.2. The highest BCUT2D eigenvalue weighted by Crippen LogP contribution is 2.40. The Bertz CT molecular complexity index is 424. The van der Waals surface area contributed by atoms with Crippen LogP contribution in [0.5, 0.6) is 0 Å². The van der Waals surface area contributed by atoms with Crippen LogP contribution < -0.4 is 5.32 Å². The van der Waals surface area contributed by atoms with E-state index in [4.69, 9.17) is 0 Å². The average molecular weight is 278 g/mol. The third kappa shape index (κ3) is 1.87. The molecule has 4 heteroatoms. The quantitative estimate of drug-likeness (QED) is 0.860. The van der Waals surface area contributed by atoms with E-state index in [9.17, 15) is 9.59 Å². The first kappa shape index (κ1) is 13.9. The van der Waals surface area contributed by atoms with Gasteiger partial charge in [-0.3, -0.25) is 9.59 Å². The molecule has 1 unspecified atom stereocenters. The number of nitrogens with zero attached hydrogens (tertiary/aromatic N) is 1. The van der Waals surface area contributed by atoms with Gasteiger partial charge in [0.1, 0.15) is 11.1 Å². The Morgan fingerprint density at radius 1 is 1.20 bits per heavy atom. The Morgan fingerprint density at radius 2 is 1.85 bits per heavy atom. The van der Waals surface area contributed by atoms with E-state index in [1.54, 1.807) is 0 Å². The van der Waals surface area contributed by atoms with Gasteiger partial charge in [-0.15, -0.1) is 0 Å². The van der Waals surface area contributed by atoms with Crippen molar-refractivity contribution in [3.63, 3.8) is 0 Å². The lowest BCUT2D eigenvalue weighted by molar-refractivity contribution is -0.163. The molecule has 0 bridgehead atoms. The summed E-state index contributed by atoms with van der Waals surface area (Å²) in [5.74, 6) is 0.848. The molecular weight excluding hydrogens is 252 g/mol. The molecule has 0 aromatic heterocycles. The van der Waals surface area contributed by atoms with E-state index in [2.05, 4.69) is 5.32 Å². The molecular formula is C16H26N2O2. The fourth-order valence-corrected chi connectivity index (χ4v) is 3.90. The summed E-state index contributed by atoms with van der Waals surface area (Å²) in [5.41, 5.74) is -1.23. The Kier molecular flexibility index (Phi) is 3.30. The summed E-state index contributed by atoms with van der Waals surface area (Å²) in [5, 5.41) is 3.09. The molecule has 1 spiro atoms. The largest absolute Gasteiger partial charge is 0.340 e. The lowest BCUT2D eigenvalue weighted by Crippen LogP contribution is -2.74. The Morgan fingerprint density at radius 3 is 2.35 bits per heavy atom. The molecule has 112 valence electrons. The highest BCUT2D eigenvalue weighted by molar-refractivity contribution is 6.02. The van der Waals surface area contributed by atoms with E-state index in [1.165, 1.54) is 19.3 Å². The second-order valence-corrected chi connectivity index (χ2v) is 7.08. The molecule has 2 amide bonds. The molecule has 1 atom stereocenters. The second kappa shape index (κ2) is 4.74. The highest BCUT2D eigenvalue weighted by Gasteiger charge is 2.56. The van der Waals surface area contributed by atoms with Crippen LogP contribution >= 0.6 is 0 Å². The van der Waals surface area contributed by atoms with Crippen LogP contribution in [0.1, 0.15) is 65.2 Å². The molecule has 2 saturated carbocycles. The van der Waals surface area contributed by atoms with Crippen LogP contribution in [0, 0.1) is 5.92 Å². The summed E-state index contributed by atoms with van der Waals surface area (Å²) in [6.45, 7) is 4.71. The Labute approximate surface area is 121 Å². The number of carbonyl (C=O) groups excluding carboxylic acids is 2. The molecule has 4 nitrogen and oxygen atoms in total. The molecule has 2 aliphatic carbocycles. The minimum absolute atomic E-state index is 0.0563. The zero-order valence-electron chi connectivity index (χ0n) is 12.7. The number of piperazine rings is 1. The normalized spacial score (nSPS) is 33.4. The first-order valence-electron chi connectivity index (χ1n) is 8.16. The van der Waals surface area contributed by atoms with Crippen molar-refractivity contribution in [1.29, 1.82) is 0 Å². The van der Waals surface area contributed by atoms with Gasteiger partial charge in [0.05, 0.1) is 0 Å². The van der Waals surface area contributed by atoms with Crippen LogP contribution in [-0.2, 0) is 9.59 Å². The standard InChI is InChI=1S/C16H26N2O2/c1-3-15(2)13(19)17-16(9-4-5-10-16)14(20)18(15)11-12-7-6-8-12/h12H,3-11H2,1-2H3,(H,17,19). The SMILES string of the molecule is CCC1(C)C(=O)NC2(CCCC2)C(=O)N1CC1CCC1. The summed E-state index contributed by atoms with van der Waals surface area (Å²) >= 11 is 0. The Balaban J connectivity index is 1.90. The number of hydrogen-bond donors (Lipinski definition) is 1. The fraction of sp³-hybridized carbons (Fsp3) is 0.875. The third-order valence-electron chi connectivity index (χ3n) is 5.90. The van der Waals surface area contributed by atoms with Crippen molar-refractivity contribution in [2.75, 3.05) is 6.54 Å². The molecule has 1 saturated heterocycles. The van der Waals surface area contributed by atoms with E-state index in [1.807, 2.05) is 18.7 Å². The average Bonchev–Trinajstić information content (AvgIpc) is 2.84. The van der Waals surface area contributed by atoms with Crippen LogP contribution in [0.4, 0.5) is 0 Å². The summed E-state index contributed by atoms with van der Waals surface area (Å²) in [7, 11) is 0. The van der Waals surface area contributed by atoms with Crippen LogP contribution in [-0.4, -0.2) is 34.3 Å². The molecule has 1 N–H and O–H groups in total. The van der Waals surface area contributed by atoms with Crippen molar-refractivity contribution in [2.24, 2.45) is 5.92 Å². The van der Waals surface area contributed by atoms with Crippen molar-refractivity contribution >= 4 is 11.8 Å². The van der Waals surface area contributed by atoms with Gasteiger partial charge < -0.3 is 10.2 Å². The zero-order valence-corrected chi connectivity index (χ0v) is 12.7. The summed E-state index contributed by atoms with van der Waals surface area (Å²) in [6.07, 6.45) is 8.10. The number of hydrogen-bond acceptors (Lipinski definition) is 2. The predicted molar refractivity (Wildman–Crippen MR) is 77.1 cm³/mol. The number of nitrogens with one attached hydrogen (secondary N) is 1. The summed E-state index contributed by atoms with van der Waals surface area (Å²) in [6, 6.07) is 0. The monoisotopic (exact) mass is 278 g/mol. The molecule has 1 aliphatic heterocycles. The first-order chi connectivity index (χ1) is 9.52. The van der Waals surface area contributed by atoms with E-state index in [0.717, 1.165) is 32.2 Å². The van der Waals surface area contributed by atoms with Gasteiger partial charge in [0, 0.05) is 6.54 Å². The van der Waals surface area contributed by atoms with E-state index in [0.29, 0.717) is 12.3 Å². The van der Waals surface area contributed by atoms with Gasteiger partial charge in [-0.05, 0) is 44.9 Å². The fourth-order valence-electron chi connectivity index (χ4n) is 3.90. The molecule has 3 fully saturated rings. The molecule has 1 heterocycles. The number of amides is 2. The van der Waals surface area contributed by atoms with Crippen LogP contribution in [0.2, 0.25) is 0 Å². The zero-order chi connectivity index (χ0) is 14.4. The van der Waals surface area contributed by atoms with Gasteiger partial charge >= 0.3 is 0 Å². The van der Waals surface area contributed by atoms with E-state index >= 15 is 0 Å². The van der Waals surface area contributed by atoms with Crippen LogP contribution in [0.3, 0.4) is 0 Å². The van der Waals surface area contributed by atoms with Gasteiger partial charge in [0.2, 0.25) is 11.8 Å². The lowest BCUT2D eigenvalue weighted by atomic mass is 9.79. The molecule has 0 aromatic rings. The Hall–Kier alpha value is -1.06. The van der Waals surface area contributed by atoms with Crippen LogP contribution in [0.15, 0.2) is 0 Å². The molecule has 20 heavy (non-hydrogen) atoms. The number of carbonyl (C=O) groups is 2. The van der Waals surface area contributed by atoms with E-state index < -0.39 is 11.1 Å². The second-order valence-electron chi connectivity index (χ2n) is 7.08. The van der Waals surface area contributed by atoms with Crippen molar-refractivity contribution in [3.05, 3.63) is 0 Å². The van der Waals surface area contributed by atoms with Crippen LogP contribution in [0.25, 0.3) is 0 Å². The van der Waals surface area contributed by atoms with Crippen molar-refractivity contribution < 1.29 is 9.59 Å². The van der Waals surface area contributed by atoms with E-state index in [-0.39, 0.29) is 11.8 Å². The maximum Gasteiger partial charge on any atom is 0.249 e. The first-order valence-corrected chi connectivity index (χ1v) is 8.16. The molecule has 0 aromatic carbocycles. The predicted octanol–water partition coefficient (Wildman–Crippen LogP) is 2.23. The van der Waals surface area contributed by atoms with Gasteiger partial charge in [-0.2, -0.15) is 0 Å². The lowest BCUT2D eigenvalue weighted by Gasteiger charge is -2.51. The summed E-state index contributed by atoms with van der Waals surface area (Å²) in [4.78, 5) is 27.6. The van der Waals surface area contributed by atoms with Gasteiger partial charge in [0.15, 0.2) is 0 Å². The minimum Gasteiger partial charge on any atom is -0.340 e. The van der Waals surface area contributed by atoms with Crippen molar-refractivity contribution in [3.8, 4) is 0 Å². The molecule has 0 radical (unpaired) electrons. The maximum atomic E-state index is 13.1. The van der Waals surface area contributed by atoms with Crippen molar-refractivity contribution in [1.82, 2.24) is 10.2 Å². The smallest absolute Gasteiger partial charge is 0.249 e. The third-order valence-corrected chi connectivity index (χ3v) is 5.90. The maximum absolute atomic E-state index is 13.1. The van der Waals surface area contributed by atoms with Gasteiger partial charge in [-0.1, -0.05) is 26.2 Å².